The van der Waals surface area contributed by atoms with E-state index in [1.165, 1.54) is 12.1 Å². The van der Waals surface area contributed by atoms with Crippen molar-refractivity contribution in [3.05, 3.63) is 65.6 Å². The highest BCUT2D eigenvalue weighted by atomic mass is 19.1. The van der Waals surface area contributed by atoms with Gasteiger partial charge in [0.2, 0.25) is 0 Å². The van der Waals surface area contributed by atoms with Crippen molar-refractivity contribution in [3.63, 3.8) is 0 Å². The highest BCUT2D eigenvalue weighted by molar-refractivity contribution is 5.99. The van der Waals surface area contributed by atoms with Gasteiger partial charge in [-0.25, -0.2) is 4.39 Å². The monoisotopic (exact) mass is 312 g/mol. The minimum absolute atomic E-state index is 0.174. The third-order valence-corrected chi connectivity index (χ3v) is 3.85. The Morgan fingerprint density at radius 3 is 2.61 bits per heavy atom. The van der Waals surface area contributed by atoms with E-state index >= 15 is 0 Å². The number of aromatic nitrogens is 1. The van der Waals surface area contributed by atoms with E-state index < -0.39 is 0 Å². The lowest BCUT2D eigenvalue weighted by Gasteiger charge is -2.07. The fourth-order valence-electron chi connectivity index (χ4n) is 2.55. The van der Waals surface area contributed by atoms with Gasteiger partial charge in [-0.15, -0.1) is 0 Å². The first kappa shape index (κ1) is 15.1. The maximum atomic E-state index is 12.9. The summed E-state index contributed by atoms with van der Waals surface area (Å²) >= 11 is 0. The second kappa shape index (κ2) is 6.12. The van der Waals surface area contributed by atoms with Crippen molar-refractivity contribution in [3.8, 4) is 5.75 Å². The molecule has 3 rings (SSSR count). The van der Waals surface area contributed by atoms with Gasteiger partial charge in [0, 0.05) is 24.5 Å². The van der Waals surface area contributed by atoms with Gasteiger partial charge in [-0.05, 0) is 42.0 Å². The Balaban J connectivity index is 1.80. The molecular formula is C18H17FN2O2. The molecular weight excluding hydrogens is 295 g/mol. The molecule has 0 fully saturated rings. The number of benzene rings is 2. The number of ether oxygens (including phenoxy) is 1. The summed E-state index contributed by atoms with van der Waals surface area (Å²) < 4.78 is 19.9. The first-order valence-corrected chi connectivity index (χ1v) is 7.24. The molecule has 3 aromatic rings. The summed E-state index contributed by atoms with van der Waals surface area (Å²) in [4.78, 5) is 12.4. The molecule has 0 saturated carbocycles. The molecule has 0 atom stereocenters. The molecule has 1 heterocycles. The number of hydrogen-bond donors (Lipinski definition) is 1. The third kappa shape index (κ3) is 3.04. The van der Waals surface area contributed by atoms with Crippen LogP contribution in [0, 0.1) is 5.82 Å². The second-order valence-electron chi connectivity index (χ2n) is 5.32. The Labute approximate surface area is 133 Å². The van der Waals surface area contributed by atoms with Crippen LogP contribution < -0.4 is 10.1 Å². The average Bonchev–Trinajstić information content (AvgIpc) is 2.90. The summed E-state index contributed by atoms with van der Waals surface area (Å²) in [5.41, 5.74) is 2.37. The van der Waals surface area contributed by atoms with Gasteiger partial charge in [0.05, 0.1) is 7.11 Å². The van der Waals surface area contributed by atoms with Gasteiger partial charge in [-0.1, -0.05) is 12.1 Å². The number of halogens is 1. The maximum absolute atomic E-state index is 12.9. The Kier molecular flexibility index (Phi) is 4.02. The molecule has 4 nitrogen and oxygen atoms in total. The molecule has 2 aromatic carbocycles. The molecule has 0 saturated heterocycles. The van der Waals surface area contributed by atoms with Crippen molar-refractivity contribution in [2.45, 2.75) is 6.54 Å². The van der Waals surface area contributed by atoms with Crippen LogP contribution in [-0.2, 0) is 13.6 Å². The minimum atomic E-state index is -0.289. The van der Waals surface area contributed by atoms with Gasteiger partial charge in [0.1, 0.15) is 17.3 Å². The number of hydrogen-bond acceptors (Lipinski definition) is 2. The molecule has 0 aliphatic rings. The standard InChI is InChI=1S/C18H17FN2O2/c1-21-16-8-7-15(23-2)9-13(16)10-17(21)18(22)20-11-12-3-5-14(19)6-4-12/h3-10H,11H2,1-2H3,(H,20,22). The third-order valence-electron chi connectivity index (χ3n) is 3.85. The summed E-state index contributed by atoms with van der Waals surface area (Å²) in [7, 11) is 3.46. The number of fused-ring (bicyclic) bond motifs is 1. The Hall–Kier alpha value is -2.82. The second-order valence-corrected chi connectivity index (χ2v) is 5.32. The summed E-state index contributed by atoms with van der Waals surface area (Å²) in [6.07, 6.45) is 0. The van der Waals surface area contributed by atoms with Gasteiger partial charge in [0.25, 0.3) is 5.91 Å². The lowest BCUT2D eigenvalue weighted by molar-refractivity contribution is 0.0943. The Bertz CT molecular complexity index is 853. The molecule has 0 radical (unpaired) electrons. The van der Waals surface area contributed by atoms with E-state index in [9.17, 15) is 9.18 Å². The molecule has 118 valence electrons. The van der Waals surface area contributed by atoms with E-state index in [2.05, 4.69) is 5.32 Å². The normalized spacial score (nSPS) is 10.7. The number of nitrogens with one attached hydrogen (secondary N) is 1. The van der Waals surface area contributed by atoms with Crippen molar-refractivity contribution < 1.29 is 13.9 Å². The number of carbonyl (C=O) groups excluding carboxylic acids is 1. The van der Waals surface area contributed by atoms with Gasteiger partial charge < -0.3 is 14.6 Å². The number of nitrogens with zero attached hydrogens (tertiary/aromatic N) is 1. The van der Waals surface area contributed by atoms with Crippen molar-refractivity contribution in [1.29, 1.82) is 0 Å². The van der Waals surface area contributed by atoms with Crippen molar-refractivity contribution in [2.75, 3.05) is 7.11 Å². The largest absolute Gasteiger partial charge is 0.497 e. The highest BCUT2D eigenvalue weighted by Gasteiger charge is 2.13. The van der Waals surface area contributed by atoms with Crippen molar-refractivity contribution >= 4 is 16.8 Å². The van der Waals surface area contributed by atoms with Crippen LogP contribution >= 0.6 is 0 Å². The summed E-state index contributed by atoms with van der Waals surface area (Å²) in [6, 6.07) is 13.6. The van der Waals surface area contributed by atoms with Crippen LogP contribution in [0.1, 0.15) is 16.1 Å². The predicted molar refractivity (Wildman–Crippen MR) is 87.0 cm³/mol. The molecule has 1 amide bonds. The van der Waals surface area contributed by atoms with Crippen LogP contribution in [-0.4, -0.2) is 17.6 Å². The molecule has 1 aromatic heterocycles. The van der Waals surface area contributed by atoms with E-state index in [-0.39, 0.29) is 11.7 Å². The Morgan fingerprint density at radius 2 is 1.91 bits per heavy atom. The molecule has 0 aliphatic heterocycles. The van der Waals surface area contributed by atoms with E-state index in [0.717, 1.165) is 22.2 Å². The summed E-state index contributed by atoms with van der Waals surface area (Å²) in [5, 5.41) is 3.79. The van der Waals surface area contributed by atoms with Gasteiger partial charge >= 0.3 is 0 Å². The van der Waals surface area contributed by atoms with E-state index in [1.807, 2.05) is 35.9 Å². The summed E-state index contributed by atoms with van der Waals surface area (Å²) in [6.45, 7) is 0.351. The topological polar surface area (TPSA) is 43.3 Å². The molecule has 0 aliphatic carbocycles. The Morgan fingerprint density at radius 1 is 1.17 bits per heavy atom. The number of methoxy groups -OCH3 is 1. The van der Waals surface area contributed by atoms with E-state index in [1.54, 1.807) is 19.2 Å². The van der Waals surface area contributed by atoms with Crippen LogP contribution in [0.5, 0.6) is 5.75 Å². The molecule has 0 spiro atoms. The van der Waals surface area contributed by atoms with Crippen LogP contribution in [0.2, 0.25) is 0 Å². The number of amides is 1. The molecule has 0 bridgehead atoms. The fourth-order valence-corrected chi connectivity index (χ4v) is 2.55. The van der Waals surface area contributed by atoms with Gasteiger partial charge in [0.15, 0.2) is 0 Å². The number of rotatable bonds is 4. The lowest BCUT2D eigenvalue weighted by Crippen LogP contribution is -2.24. The van der Waals surface area contributed by atoms with Crippen molar-refractivity contribution in [1.82, 2.24) is 9.88 Å². The van der Waals surface area contributed by atoms with Crippen LogP contribution in [0.3, 0.4) is 0 Å². The molecule has 5 heteroatoms. The van der Waals surface area contributed by atoms with Crippen LogP contribution in [0.4, 0.5) is 4.39 Å². The molecule has 1 N–H and O–H groups in total. The van der Waals surface area contributed by atoms with Crippen molar-refractivity contribution in [2.24, 2.45) is 7.05 Å². The van der Waals surface area contributed by atoms with Crippen LogP contribution in [0.15, 0.2) is 48.5 Å². The first-order chi connectivity index (χ1) is 11.1. The smallest absolute Gasteiger partial charge is 0.268 e. The quantitative estimate of drug-likeness (QED) is 0.803. The predicted octanol–water partition coefficient (Wildman–Crippen LogP) is 3.26. The minimum Gasteiger partial charge on any atom is -0.497 e. The lowest BCUT2D eigenvalue weighted by atomic mass is 10.2. The van der Waals surface area contributed by atoms with Gasteiger partial charge in [-0.3, -0.25) is 4.79 Å². The number of aryl methyl sites for hydroxylation is 1. The zero-order chi connectivity index (χ0) is 16.4. The zero-order valence-electron chi connectivity index (χ0n) is 13.0. The zero-order valence-corrected chi connectivity index (χ0v) is 13.0. The first-order valence-electron chi connectivity index (χ1n) is 7.24. The summed E-state index contributed by atoms with van der Waals surface area (Å²) in [5.74, 6) is 0.288. The molecule has 23 heavy (non-hydrogen) atoms. The average molecular weight is 312 g/mol. The van der Waals surface area contributed by atoms with E-state index in [4.69, 9.17) is 4.74 Å². The highest BCUT2D eigenvalue weighted by Crippen LogP contribution is 2.23. The fraction of sp³-hybridized carbons (Fsp3) is 0.167. The number of carbonyl (C=O) groups is 1. The van der Waals surface area contributed by atoms with Crippen LogP contribution in [0.25, 0.3) is 10.9 Å². The SMILES string of the molecule is COc1ccc2c(c1)cc(C(=O)NCc1ccc(F)cc1)n2C. The van der Waals surface area contributed by atoms with Gasteiger partial charge in [-0.2, -0.15) is 0 Å². The maximum Gasteiger partial charge on any atom is 0.268 e. The van der Waals surface area contributed by atoms with E-state index in [0.29, 0.717) is 12.2 Å². The molecule has 0 unspecified atom stereocenters.